The fraction of sp³-hybridized carbons (Fsp3) is 0.367. The van der Waals surface area contributed by atoms with E-state index in [0.29, 0.717) is 25.1 Å². The lowest BCUT2D eigenvalue weighted by atomic mass is 9.77. The van der Waals surface area contributed by atoms with Crippen molar-refractivity contribution >= 4 is 44.3 Å². The molecule has 3 aromatic rings. The summed E-state index contributed by atoms with van der Waals surface area (Å²) in [5.74, 6) is -1.97. The van der Waals surface area contributed by atoms with E-state index in [1.165, 1.54) is 6.07 Å². The van der Waals surface area contributed by atoms with Gasteiger partial charge in [-0.1, -0.05) is 48.5 Å². The molecule has 4 rings (SSSR count). The first-order valence-corrected chi connectivity index (χ1v) is 15.4. The van der Waals surface area contributed by atoms with Gasteiger partial charge in [-0.05, 0) is 61.7 Å². The number of benzene rings is 3. The minimum atomic E-state index is -4.07. The normalized spacial score (nSPS) is 17.7. The Morgan fingerprint density at radius 1 is 1.10 bits per heavy atom. The lowest BCUT2D eigenvalue weighted by Gasteiger charge is -2.50. The van der Waals surface area contributed by atoms with E-state index in [-0.39, 0.29) is 24.0 Å². The molecule has 6 N–H and O–H groups in total. The molecular formula is C30H38N6O5S. The highest BCUT2D eigenvalue weighted by Gasteiger charge is 2.52. The maximum absolute atomic E-state index is 13.9. The number of sulfonamides is 1. The number of nitrogens with one attached hydrogen (secondary N) is 2. The fourth-order valence-electron chi connectivity index (χ4n) is 5.68. The van der Waals surface area contributed by atoms with E-state index in [9.17, 15) is 18.0 Å². The van der Waals surface area contributed by atoms with Crippen molar-refractivity contribution in [2.75, 3.05) is 31.1 Å². The number of ether oxygens (including phenoxy) is 1. The van der Waals surface area contributed by atoms with E-state index in [4.69, 9.17) is 21.6 Å². The number of para-hydroxylation sites is 1. The summed E-state index contributed by atoms with van der Waals surface area (Å²) in [5, 5.41) is 9.62. The molecule has 2 unspecified atom stereocenters. The first-order valence-electron chi connectivity index (χ1n) is 13.9. The summed E-state index contributed by atoms with van der Waals surface area (Å²) in [5.41, 5.74) is 10.8. The van der Waals surface area contributed by atoms with E-state index in [1.54, 1.807) is 66.1 Å². The number of piperidine rings is 1. The molecule has 0 aliphatic carbocycles. The van der Waals surface area contributed by atoms with Crippen LogP contribution in [0.3, 0.4) is 0 Å². The maximum Gasteiger partial charge on any atom is 0.332 e. The molecule has 0 saturated carbocycles. The van der Waals surface area contributed by atoms with Gasteiger partial charge in [0.15, 0.2) is 5.96 Å². The Balaban J connectivity index is 1.76. The Morgan fingerprint density at radius 2 is 1.76 bits per heavy atom. The quantitative estimate of drug-likeness (QED) is 0.149. The zero-order valence-electron chi connectivity index (χ0n) is 23.8. The van der Waals surface area contributed by atoms with Crippen LogP contribution in [0.15, 0.2) is 77.7 Å². The Morgan fingerprint density at radius 3 is 2.40 bits per heavy atom. The number of rotatable bonds is 11. The van der Waals surface area contributed by atoms with Crippen molar-refractivity contribution in [2.45, 2.75) is 43.2 Å². The zero-order valence-corrected chi connectivity index (χ0v) is 24.6. The Kier molecular flexibility index (Phi) is 9.37. The van der Waals surface area contributed by atoms with Crippen LogP contribution in [-0.2, 0) is 24.3 Å². The summed E-state index contributed by atoms with van der Waals surface area (Å²) < 4.78 is 35.0. The van der Waals surface area contributed by atoms with E-state index < -0.39 is 45.9 Å². The number of nitrogens with two attached hydrogens (primary N) is 2. The Bertz CT molecular complexity index is 1550. The lowest BCUT2D eigenvalue weighted by molar-refractivity contribution is -0.152. The summed E-state index contributed by atoms with van der Waals surface area (Å²) in [6, 6.07) is 19.7. The van der Waals surface area contributed by atoms with E-state index >= 15 is 0 Å². The standard InChI is InChI=1S/C30H38N6O5S/c1-3-41-28(38)30(2,23-12-9-17-35(20-23)29(32)33)36(24-13-5-4-6-14-24)26(27(31)37)19-34-42(39,40)25-16-15-21-10-7-8-11-22(21)18-25/h4-8,10-11,13-16,18,23,26,34H,3,9,12,17,19-20H2,1-2H3,(H2,31,37)(H3,32,33)/t23?,26?,30-/m1/s1. The van der Waals surface area contributed by atoms with Gasteiger partial charge in [-0.3, -0.25) is 10.2 Å². The number of likely N-dealkylation sites (tertiary alicyclic amines) is 1. The molecule has 1 aliphatic rings. The number of amides is 1. The van der Waals surface area contributed by atoms with Gasteiger partial charge in [0.25, 0.3) is 0 Å². The molecule has 1 saturated heterocycles. The number of fused-ring (bicyclic) bond motifs is 1. The van der Waals surface area contributed by atoms with Gasteiger partial charge in [0.1, 0.15) is 11.6 Å². The Hall–Kier alpha value is -4.16. The number of anilines is 1. The molecule has 1 fully saturated rings. The topological polar surface area (TPSA) is 172 Å². The highest BCUT2D eigenvalue weighted by Crippen LogP contribution is 2.38. The van der Waals surface area contributed by atoms with E-state index in [0.717, 1.165) is 10.8 Å². The molecule has 0 spiro atoms. The molecule has 3 aromatic carbocycles. The van der Waals surface area contributed by atoms with Crippen LogP contribution in [0.25, 0.3) is 10.8 Å². The highest BCUT2D eigenvalue weighted by molar-refractivity contribution is 7.89. The van der Waals surface area contributed by atoms with Gasteiger partial charge in [0.05, 0.1) is 11.5 Å². The Labute approximate surface area is 246 Å². The lowest BCUT2D eigenvalue weighted by Crippen LogP contribution is -2.68. The third-order valence-electron chi connectivity index (χ3n) is 7.92. The van der Waals surface area contributed by atoms with Crippen LogP contribution in [0.4, 0.5) is 5.69 Å². The predicted molar refractivity (Wildman–Crippen MR) is 162 cm³/mol. The van der Waals surface area contributed by atoms with Gasteiger partial charge in [-0.25, -0.2) is 17.9 Å². The van der Waals surface area contributed by atoms with Crippen molar-refractivity contribution in [3.8, 4) is 0 Å². The average molecular weight is 595 g/mol. The molecule has 0 radical (unpaired) electrons. The number of hydrogen-bond acceptors (Lipinski definition) is 7. The molecule has 224 valence electrons. The molecule has 42 heavy (non-hydrogen) atoms. The average Bonchev–Trinajstić information content (AvgIpc) is 2.99. The molecule has 0 aromatic heterocycles. The van der Waals surface area contributed by atoms with Crippen LogP contribution in [0.2, 0.25) is 0 Å². The van der Waals surface area contributed by atoms with Gasteiger partial charge < -0.3 is 26.0 Å². The van der Waals surface area contributed by atoms with Crippen molar-refractivity contribution in [1.29, 1.82) is 5.41 Å². The number of carbonyl (C=O) groups excluding carboxylic acids is 2. The van der Waals surface area contributed by atoms with E-state index in [2.05, 4.69) is 4.72 Å². The van der Waals surface area contributed by atoms with Crippen LogP contribution in [-0.4, -0.2) is 69.0 Å². The minimum absolute atomic E-state index is 0.0354. The molecule has 11 nitrogen and oxygen atoms in total. The molecule has 3 atom stereocenters. The second-order valence-electron chi connectivity index (χ2n) is 10.5. The van der Waals surface area contributed by atoms with E-state index in [1.807, 2.05) is 24.3 Å². The second-order valence-corrected chi connectivity index (χ2v) is 12.3. The smallest absolute Gasteiger partial charge is 0.332 e. The second kappa shape index (κ2) is 12.8. The monoisotopic (exact) mass is 594 g/mol. The number of guanidine groups is 1. The van der Waals surface area contributed by atoms with Crippen molar-refractivity contribution in [3.05, 3.63) is 72.8 Å². The third kappa shape index (κ3) is 6.34. The maximum atomic E-state index is 13.9. The van der Waals surface area contributed by atoms with Gasteiger partial charge in [0, 0.05) is 31.2 Å². The molecular weight excluding hydrogens is 556 g/mol. The van der Waals surface area contributed by atoms with Crippen LogP contribution < -0.4 is 21.1 Å². The van der Waals surface area contributed by atoms with Crippen molar-refractivity contribution in [3.63, 3.8) is 0 Å². The van der Waals surface area contributed by atoms with Gasteiger partial charge in [0.2, 0.25) is 15.9 Å². The van der Waals surface area contributed by atoms with Gasteiger partial charge in [-0.15, -0.1) is 0 Å². The molecule has 1 heterocycles. The summed E-state index contributed by atoms with van der Waals surface area (Å²) >= 11 is 0. The summed E-state index contributed by atoms with van der Waals surface area (Å²) in [6.07, 6.45) is 1.23. The molecule has 1 amide bonds. The largest absolute Gasteiger partial charge is 0.464 e. The van der Waals surface area contributed by atoms with Crippen LogP contribution in [0.5, 0.6) is 0 Å². The number of carbonyl (C=O) groups is 2. The zero-order chi connectivity index (χ0) is 30.5. The number of esters is 1. The number of hydrogen-bond donors (Lipinski definition) is 4. The number of nitrogens with zero attached hydrogens (tertiary/aromatic N) is 2. The first kappa shape index (κ1) is 30.8. The summed E-state index contributed by atoms with van der Waals surface area (Å²) in [7, 11) is -4.07. The van der Waals surface area contributed by atoms with Crippen molar-refractivity contribution in [2.24, 2.45) is 17.4 Å². The molecule has 12 heteroatoms. The van der Waals surface area contributed by atoms with Crippen LogP contribution in [0, 0.1) is 11.3 Å². The van der Waals surface area contributed by atoms with Crippen molar-refractivity contribution < 1.29 is 22.7 Å². The number of primary amides is 1. The first-order chi connectivity index (χ1) is 20.0. The predicted octanol–water partition coefficient (Wildman–Crippen LogP) is 2.41. The third-order valence-corrected chi connectivity index (χ3v) is 9.34. The SMILES string of the molecule is CCOC(=O)[C@@](C)(C1CCCN(C(=N)N)C1)N(c1ccccc1)C(CNS(=O)(=O)c1ccc2ccccc2c1)C(N)=O. The molecule has 1 aliphatic heterocycles. The molecule has 0 bridgehead atoms. The van der Waals surface area contributed by atoms with Crippen LogP contribution >= 0.6 is 0 Å². The van der Waals surface area contributed by atoms with Gasteiger partial charge in [-0.2, -0.15) is 0 Å². The summed E-state index contributed by atoms with van der Waals surface area (Å²) in [4.78, 5) is 30.3. The van der Waals surface area contributed by atoms with Crippen molar-refractivity contribution in [1.82, 2.24) is 9.62 Å². The highest BCUT2D eigenvalue weighted by atomic mass is 32.2. The minimum Gasteiger partial charge on any atom is -0.464 e. The van der Waals surface area contributed by atoms with Gasteiger partial charge >= 0.3 is 5.97 Å². The van der Waals surface area contributed by atoms with Crippen LogP contribution in [0.1, 0.15) is 26.7 Å². The summed E-state index contributed by atoms with van der Waals surface area (Å²) in [6.45, 7) is 3.88. The fourth-order valence-corrected chi connectivity index (χ4v) is 6.75.